The molecule has 96 valence electrons. The second kappa shape index (κ2) is 7.01. The molecule has 4 heteroatoms. The molecule has 0 atom stereocenters. The summed E-state index contributed by atoms with van der Waals surface area (Å²) in [4.78, 5) is 0. The topological polar surface area (TPSA) is 53.7 Å². The summed E-state index contributed by atoms with van der Waals surface area (Å²) in [5, 5.41) is 0. The maximum Gasteiger partial charge on any atom is 0.145 e. The van der Waals surface area contributed by atoms with Gasteiger partial charge in [-0.3, -0.25) is 0 Å². The van der Waals surface area contributed by atoms with Crippen LogP contribution in [-0.4, -0.2) is 26.9 Å². The van der Waals surface area contributed by atoms with Crippen LogP contribution in [0.3, 0.4) is 0 Å². The molecule has 0 fully saturated rings. The molecule has 0 amide bonds. The van der Waals surface area contributed by atoms with Gasteiger partial charge in [-0.25, -0.2) is 0 Å². The van der Waals surface area contributed by atoms with E-state index in [2.05, 4.69) is 13.8 Å². The van der Waals surface area contributed by atoms with Crippen LogP contribution in [0.4, 0.5) is 5.69 Å². The Kier molecular flexibility index (Phi) is 5.63. The molecule has 0 saturated heterocycles. The predicted octanol–water partition coefficient (Wildman–Crippen LogP) is 2.33. The van der Waals surface area contributed by atoms with Crippen molar-refractivity contribution in [2.24, 2.45) is 5.92 Å². The predicted molar refractivity (Wildman–Crippen MR) is 68.6 cm³/mol. The van der Waals surface area contributed by atoms with Gasteiger partial charge in [0.2, 0.25) is 0 Å². The zero-order chi connectivity index (χ0) is 12.7. The Balaban J connectivity index is 2.59. The fraction of sp³-hybridized carbons (Fsp3) is 0.538. The highest BCUT2D eigenvalue weighted by Crippen LogP contribution is 2.27. The first kappa shape index (κ1) is 13.6. The molecule has 0 aromatic heterocycles. The number of methoxy groups -OCH3 is 1. The summed E-state index contributed by atoms with van der Waals surface area (Å²) in [6.45, 7) is 5.91. The molecule has 1 rings (SSSR count). The zero-order valence-corrected chi connectivity index (χ0v) is 10.7. The van der Waals surface area contributed by atoms with Crippen LogP contribution in [0.15, 0.2) is 18.2 Å². The van der Waals surface area contributed by atoms with E-state index in [-0.39, 0.29) is 0 Å². The Hall–Kier alpha value is -1.42. The van der Waals surface area contributed by atoms with Crippen LogP contribution in [0.1, 0.15) is 13.8 Å². The second-order valence-corrected chi connectivity index (χ2v) is 4.25. The van der Waals surface area contributed by atoms with Crippen molar-refractivity contribution in [3.05, 3.63) is 18.2 Å². The van der Waals surface area contributed by atoms with Gasteiger partial charge in [-0.2, -0.15) is 0 Å². The molecule has 0 saturated carbocycles. The minimum absolute atomic E-state index is 0.480. The smallest absolute Gasteiger partial charge is 0.145 e. The zero-order valence-electron chi connectivity index (χ0n) is 10.7. The van der Waals surface area contributed by atoms with E-state index >= 15 is 0 Å². The third-order valence-electron chi connectivity index (χ3n) is 2.11. The summed E-state index contributed by atoms with van der Waals surface area (Å²) in [7, 11) is 1.63. The molecule has 1 aromatic rings. The molecule has 0 spiro atoms. The Morgan fingerprint density at radius 2 is 1.94 bits per heavy atom. The standard InChI is InChI=1S/C13H21NO3/c1-10(2)9-17-11-4-5-12(14)13(8-11)16-7-6-15-3/h4-5,8,10H,6-7,9,14H2,1-3H3. The number of nitrogens with two attached hydrogens (primary N) is 1. The van der Waals surface area contributed by atoms with Crippen molar-refractivity contribution in [3.8, 4) is 11.5 Å². The quantitative estimate of drug-likeness (QED) is 0.586. The summed E-state index contributed by atoms with van der Waals surface area (Å²) in [5.41, 5.74) is 6.42. The Labute approximate surface area is 103 Å². The number of anilines is 1. The normalized spacial score (nSPS) is 10.6. The van der Waals surface area contributed by atoms with E-state index in [0.29, 0.717) is 37.2 Å². The molecule has 1 aromatic carbocycles. The lowest BCUT2D eigenvalue weighted by Gasteiger charge is -2.12. The highest BCUT2D eigenvalue weighted by molar-refractivity contribution is 5.55. The van der Waals surface area contributed by atoms with Gasteiger partial charge in [-0.05, 0) is 18.1 Å². The molecular formula is C13H21NO3. The monoisotopic (exact) mass is 239 g/mol. The van der Waals surface area contributed by atoms with Crippen LogP contribution in [0.2, 0.25) is 0 Å². The average molecular weight is 239 g/mol. The summed E-state index contributed by atoms with van der Waals surface area (Å²) < 4.78 is 16.0. The molecule has 2 N–H and O–H groups in total. The SMILES string of the molecule is COCCOc1cc(OCC(C)C)ccc1N. The molecule has 0 radical (unpaired) electrons. The molecule has 17 heavy (non-hydrogen) atoms. The van der Waals surface area contributed by atoms with E-state index in [9.17, 15) is 0 Å². The highest BCUT2D eigenvalue weighted by atomic mass is 16.5. The van der Waals surface area contributed by atoms with Gasteiger partial charge in [0.05, 0.1) is 18.9 Å². The number of nitrogen functional groups attached to an aromatic ring is 1. The summed E-state index contributed by atoms with van der Waals surface area (Å²) in [5.74, 6) is 1.91. The van der Waals surface area contributed by atoms with E-state index in [0.717, 1.165) is 5.75 Å². The van der Waals surface area contributed by atoms with Crippen molar-refractivity contribution < 1.29 is 14.2 Å². The Morgan fingerprint density at radius 3 is 2.59 bits per heavy atom. The summed E-state index contributed by atoms with van der Waals surface area (Å²) >= 11 is 0. The van der Waals surface area contributed by atoms with Gasteiger partial charge in [-0.1, -0.05) is 13.8 Å². The van der Waals surface area contributed by atoms with Crippen molar-refractivity contribution >= 4 is 5.69 Å². The number of rotatable bonds is 7. The molecule has 0 aliphatic heterocycles. The minimum atomic E-state index is 0.480. The van der Waals surface area contributed by atoms with Crippen molar-refractivity contribution in [2.75, 3.05) is 32.7 Å². The van der Waals surface area contributed by atoms with Crippen molar-refractivity contribution in [3.63, 3.8) is 0 Å². The fourth-order valence-electron chi connectivity index (χ4n) is 1.23. The van der Waals surface area contributed by atoms with Gasteiger partial charge >= 0.3 is 0 Å². The maximum absolute atomic E-state index is 5.81. The first-order chi connectivity index (χ1) is 8.13. The van der Waals surface area contributed by atoms with Crippen LogP contribution in [-0.2, 0) is 4.74 Å². The second-order valence-electron chi connectivity index (χ2n) is 4.25. The van der Waals surface area contributed by atoms with E-state index in [4.69, 9.17) is 19.9 Å². The number of hydrogen-bond donors (Lipinski definition) is 1. The number of benzene rings is 1. The molecule has 0 aliphatic rings. The molecule has 0 unspecified atom stereocenters. The lowest BCUT2D eigenvalue weighted by Crippen LogP contribution is -2.07. The van der Waals surface area contributed by atoms with Crippen LogP contribution in [0, 0.1) is 5.92 Å². The van der Waals surface area contributed by atoms with E-state index in [1.807, 2.05) is 12.1 Å². The van der Waals surface area contributed by atoms with Crippen LogP contribution < -0.4 is 15.2 Å². The largest absolute Gasteiger partial charge is 0.493 e. The van der Waals surface area contributed by atoms with Crippen molar-refractivity contribution in [2.45, 2.75) is 13.8 Å². The number of hydrogen-bond acceptors (Lipinski definition) is 4. The van der Waals surface area contributed by atoms with Crippen molar-refractivity contribution in [1.82, 2.24) is 0 Å². The van der Waals surface area contributed by atoms with Crippen LogP contribution in [0.25, 0.3) is 0 Å². The Morgan fingerprint density at radius 1 is 1.18 bits per heavy atom. The van der Waals surface area contributed by atoms with Crippen molar-refractivity contribution in [1.29, 1.82) is 0 Å². The first-order valence-electron chi connectivity index (χ1n) is 5.77. The van der Waals surface area contributed by atoms with Gasteiger partial charge in [0.25, 0.3) is 0 Å². The molecule has 0 aliphatic carbocycles. The molecule has 0 heterocycles. The van der Waals surface area contributed by atoms with Gasteiger partial charge in [0, 0.05) is 13.2 Å². The highest BCUT2D eigenvalue weighted by Gasteiger charge is 2.04. The van der Waals surface area contributed by atoms with Gasteiger partial charge in [0.15, 0.2) is 0 Å². The van der Waals surface area contributed by atoms with Gasteiger partial charge < -0.3 is 19.9 Å². The van der Waals surface area contributed by atoms with E-state index in [1.54, 1.807) is 13.2 Å². The third kappa shape index (κ3) is 4.95. The van der Waals surface area contributed by atoms with E-state index in [1.165, 1.54) is 0 Å². The third-order valence-corrected chi connectivity index (χ3v) is 2.11. The minimum Gasteiger partial charge on any atom is -0.493 e. The molecular weight excluding hydrogens is 218 g/mol. The first-order valence-corrected chi connectivity index (χ1v) is 5.77. The fourth-order valence-corrected chi connectivity index (χ4v) is 1.23. The van der Waals surface area contributed by atoms with Crippen LogP contribution >= 0.6 is 0 Å². The Bertz CT molecular complexity index is 339. The summed E-state index contributed by atoms with van der Waals surface area (Å²) in [6, 6.07) is 5.45. The van der Waals surface area contributed by atoms with Gasteiger partial charge in [-0.15, -0.1) is 0 Å². The number of ether oxygens (including phenoxy) is 3. The lowest BCUT2D eigenvalue weighted by molar-refractivity contribution is 0.146. The lowest BCUT2D eigenvalue weighted by atomic mass is 10.2. The summed E-state index contributed by atoms with van der Waals surface area (Å²) in [6.07, 6.45) is 0. The average Bonchev–Trinajstić information content (AvgIpc) is 2.30. The molecule has 4 nitrogen and oxygen atoms in total. The van der Waals surface area contributed by atoms with Crippen LogP contribution in [0.5, 0.6) is 11.5 Å². The van der Waals surface area contributed by atoms with Gasteiger partial charge in [0.1, 0.15) is 18.1 Å². The maximum atomic E-state index is 5.81. The molecule has 0 bridgehead atoms. The van der Waals surface area contributed by atoms with E-state index < -0.39 is 0 Å².